The van der Waals surface area contributed by atoms with Gasteiger partial charge in [0.25, 0.3) is 5.91 Å². The number of carbonyl (C=O) groups excluding carboxylic acids is 4. The first-order valence-electron chi connectivity index (χ1n) is 15.0. The Hall–Kier alpha value is -4.03. The van der Waals surface area contributed by atoms with Gasteiger partial charge in [-0.1, -0.05) is 86.9 Å². The van der Waals surface area contributed by atoms with E-state index >= 15 is 0 Å². The second-order valence-electron chi connectivity index (χ2n) is 11.7. The zero-order chi connectivity index (χ0) is 32.9. The van der Waals surface area contributed by atoms with Crippen molar-refractivity contribution in [2.24, 2.45) is 5.73 Å². The molecule has 0 aromatic heterocycles. The molecule has 4 N–H and O–H groups in total. The van der Waals surface area contributed by atoms with Crippen LogP contribution >= 0.6 is 11.6 Å². The number of terminal acetylenes is 1. The maximum atomic E-state index is 14.3. The van der Waals surface area contributed by atoms with Crippen LogP contribution in [0.5, 0.6) is 0 Å². The third-order valence-corrected chi connectivity index (χ3v) is 7.19. The third kappa shape index (κ3) is 11.2. The molecular weight excluding hydrogens is 580 g/mol. The molecule has 238 valence electrons. The van der Waals surface area contributed by atoms with Gasteiger partial charge in [0.15, 0.2) is 0 Å². The number of benzene rings is 2. The second-order valence-corrected chi connectivity index (χ2v) is 12.1. The van der Waals surface area contributed by atoms with Crippen LogP contribution in [0.2, 0.25) is 5.02 Å². The molecule has 9 nitrogen and oxygen atoms in total. The van der Waals surface area contributed by atoms with Crippen molar-refractivity contribution in [2.75, 3.05) is 11.9 Å². The van der Waals surface area contributed by atoms with Crippen LogP contribution < -0.4 is 16.4 Å². The van der Waals surface area contributed by atoms with Crippen LogP contribution in [0.4, 0.5) is 10.5 Å². The lowest BCUT2D eigenvalue weighted by molar-refractivity contribution is -0.142. The minimum atomic E-state index is -1.39. The van der Waals surface area contributed by atoms with Crippen molar-refractivity contribution in [3.63, 3.8) is 0 Å². The molecule has 2 rings (SSSR count). The Bertz CT molecular complexity index is 1330. The number of anilines is 1. The highest BCUT2D eigenvalue weighted by atomic mass is 35.5. The number of aryl methyl sites for hydroxylation is 1. The van der Waals surface area contributed by atoms with Gasteiger partial charge in [0.05, 0.1) is 17.1 Å². The zero-order valence-electron chi connectivity index (χ0n) is 26.4. The predicted octanol–water partition coefficient (Wildman–Crippen LogP) is 6.27. The number of hydrogen-bond donors (Lipinski definition) is 3. The van der Waals surface area contributed by atoms with Gasteiger partial charge >= 0.3 is 6.09 Å². The predicted molar refractivity (Wildman–Crippen MR) is 174 cm³/mol. The lowest BCUT2D eigenvalue weighted by Gasteiger charge is -2.35. The fraction of sp³-hybridized carbons (Fsp3) is 0.471. The van der Waals surface area contributed by atoms with Crippen molar-refractivity contribution >= 4 is 41.1 Å². The summed E-state index contributed by atoms with van der Waals surface area (Å²) < 4.78 is 5.36. The van der Waals surface area contributed by atoms with Gasteiger partial charge in [-0.25, -0.2) is 4.79 Å². The van der Waals surface area contributed by atoms with E-state index in [0.29, 0.717) is 28.3 Å². The normalized spacial score (nSPS) is 12.4. The molecule has 4 amide bonds. The molecule has 0 fully saturated rings. The van der Waals surface area contributed by atoms with Gasteiger partial charge in [-0.3, -0.25) is 14.4 Å². The van der Waals surface area contributed by atoms with Crippen LogP contribution in [0.15, 0.2) is 42.5 Å². The zero-order valence-corrected chi connectivity index (χ0v) is 27.1. The first-order valence-corrected chi connectivity index (χ1v) is 15.4. The maximum Gasteiger partial charge on any atom is 0.408 e. The Morgan fingerprint density at radius 1 is 1.02 bits per heavy atom. The van der Waals surface area contributed by atoms with Crippen molar-refractivity contribution in [1.29, 1.82) is 0 Å². The second kappa shape index (κ2) is 17.3. The fourth-order valence-corrected chi connectivity index (χ4v) is 5.05. The largest absolute Gasteiger partial charge is 0.444 e. The molecular formula is C34H45ClN4O5. The summed E-state index contributed by atoms with van der Waals surface area (Å²) in [6, 6.07) is 9.45. The molecule has 0 aliphatic carbocycles. The molecule has 10 heteroatoms. The molecule has 0 saturated carbocycles. The van der Waals surface area contributed by atoms with Gasteiger partial charge in [-0.2, -0.15) is 0 Å². The number of halogens is 1. The van der Waals surface area contributed by atoms with Crippen LogP contribution in [0, 0.1) is 19.3 Å². The summed E-state index contributed by atoms with van der Waals surface area (Å²) in [6.07, 6.45) is 10.0. The van der Waals surface area contributed by atoms with E-state index in [4.69, 9.17) is 28.5 Å². The average Bonchev–Trinajstić information content (AvgIpc) is 2.94. The van der Waals surface area contributed by atoms with Crippen molar-refractivity contribution < 1.29 is 23.9 Å². The van der Waals surface area contributed by atoms with Crippen LogP contribution in [0.1, 0.15) is 95.4 Å². The summed E-state index contributed by atoms with van der Waals surface area (Å²) in [5.41, 5.74) is 6.59. The Morgan fingerprint density at radius 3 is 2.30 bits per heavy atom. The lowest BCUT2D eigenvalue weighted by Crippen LogP contribution is -2.53. The number of nitrogens with zero attached hydrogens (tertiary/aromatic N) is 1. The minimum Gasteiger partial charge on any atom is -0.444 e. The van der Waals surface area contributed by atoms with Crippen molar-refractivity contribution in [3.05, 3.63) is 64.2 Å². The summed E-state index contributed by atoms with van der Waals surface area (Å²) in [5.74, 6) is 0.572. The van der Waals surface area contributed by atoms with E-state index in [1.54, 1.807) is 70.2 Å². The molecule has 0 saturated heterocycles. The summed E-state index contributed by atoms with van der Waals surface area (Å²) in [7, 11) is 0. The van der Waals surface area contributed by atoms with Crippen LogP contribution in [0.25, 0.3) is 0 Å². The molecule has 0 aliphatic rings. The average molecular weight is 625 g/mol. The molecule has 2 atom stereocenters. The van der Waals surface area contributed by atoms with Gasteiger partial charge in [-0.05, 0) is 57.4 Å². The Morgan fingerprint density at radius 2 is 1.68 bits per heavy atom. The number of carbonyl (C=O) groups is 4. The number of rotatable bonds is 15. The quantitative estimate of drug-likeness (QED) is 0.159. The molecule has 0 spiro atoms. The highest BCUT2D eigenvalue weighted by Gasteiger charge is 2.38. The molecule has 2 unspecified atom stereocenters. The Labute approximate surface area is 266 Å². The Balaban J connectivity index is 2.63. The SMILES string of the molecule is C#Cc1ccccc1C(C(=O)Nc1c(C)cccc1Cl)N(CCCCCCCC)C(=O)C(CC(N)=O)NC(=O)OC(C)(C)C. The van der Waals surface area contributed by atoms with E-state index in [1.165, 1.54) is 4.90 Å². The summed E-state index contributed by atoms with van der Waals surface area (Å²) >= 11 is 6.45. The summed E-state index contributed by atoms with van der Waals surface area (Å²) in [4.78, 5) is 54.8. The van der Waals surface area contributed by atoms with Gasteiger partial charge < -0.3 is 26.0 Å². The van der Waals surface area contributed by atoms with Crippen LogP contribution in [0.3, 0.4) is 0 Å². The standard InChI is InChI=1S/C34H45ClN4O5/c1-7-9-10-11-12-15-21-39(32(42)27(22-28(36)40)37-33(43)44-34(4,5)6)30(25-19-14-13-18-24(25)8-2)31(41)38-29-23(3)17-16-20-26(29)35/h2,13-14,16-20,27,30H,7,9-12,15,21-22H2,1,3-6H3,(H2,36,40)(H,37,43)(H,38,41). The van der Waals surface area contributed by atoms with Gasteiger partial charge in [0.2, 0.25) is 11.8 Å². The van der Waals surface area contributed by atoms with Gasteiger partial charge in [0, 0.05) is 12.1 Å². The van der Waals surface area contributed by atoms with Crippen molar-refractivity contribution in [3.8, 4) is 12.3 Å². The molecule has 0 aliphatic heterocycles. The molecule has 2 aromatic carbocycles. The highest BCUT2D eigenvalue weighted by molar-refractivity contribution is 6.34. The monoisotopic (exact) mass is 624 g/mol. The highest BCUT2D eigenvalue weighted by Crippen LogP contribution is 2.31. The Kier molecular flexibility index (Phi) is 14.2. The number of primary amides is 1. The minimum absolute atomic E-state index is 0.148. The van der Waals surface area contributed by atoms with E-state index in [0.717, 1.165) is 37.7 Å². The first-order chi connectivity index (χ1) is 20.8. The van der Waals surface area contributed by atoms with E-state index < -0.39 is 47.9 Å². The number of para-hydroxylation sites is 1. The first kappa shape index (κ1) is 36.2. The maximum absolute atomic E-state index is 14.3. The number of nitrogens with two attached hydrogens (primary N) is 1. The molecule has 0 radical (unpaired) electrons. The van der Waals surface area contributed by atoms with Crippen LogP contribution in [-0.2, 0) is 19.1 Å². The number of alkyl carbamates (subject to hydrolysis) is 1. The van der Waals surface area contributed by atoms with Gasteiger partial charge in [-0.15, -0.1) is 6.42 Å². The molecule has 2 aromatic rings. The van der Waals surface area contributed by atoms with Crippen LogP contribution in [-0.4, -0.2) is 46.9 Å². The van der Waals surface area contributed by atoms with E-state index in [9.17, 15) is 19.2 Å². The van der Waals surface area contributed by atoms with Crippen molar-refractivity contribution in [1.82, 2.24) is 10.2 Å². The van der Waals surface area contributed by atoms with E-state index in [2.05, 4.69) is 23.5 Å². The van der Waals surface area contributed by atoms with E-state index in [1.807, 2.05) is 0 Å². The number of amides is 4. The topological polar surface area (TPSA) is 131 Å². The van der Waals surface area contributed by atoms with Crippen molar-refractivity contribution in [2.45, 2.75) is 97.2 Å². The fourth-order valence-electron chi connectivity index (χ4n) is 4.78. The number of nitrogens with one attached hydrogen (secondary N) is 2. The summed E-state index contributed by atoms with van der Waals surface area (Å²) in [5, 5.41) is 5.72. The van der Waals surface area contributed by atoms with Gasteiger partial charge in [0.1, 0.15) is 17.7 Å². The molecule has 44 heavy (non-hydrogen) atoms. The summed E-state index contributed by atoms with van der Waals surface area (Å²) in [6.45, 7) is 9.11. The smallest absolute Gasteiger partial charge is 0.408 e. The van der Waals surface area contributed by atoms with E-state index in [-0.39, 0.29) is 6.54 Å². The third-order valence-electron chi connectivity index (χ3n) is 6.87. The number of unbranched alkanes of at least 4 members (excludes halogenated alkanes) is 5. The molecule has 0 heterocycles. The number of ether oxygens (including phenoxy) is 1. The molecule has 0 bridgehead atoms. The number of hydrogen-bond acceptors (Lipinski definition) is 5. The lowest BCUT2D eigenvalue weighted by atomic mass is 9.96.